The quantitative estimate of drug-likeness (QED) is 0.888. The largest absolute Gasteiger partial charge is 0.481 e. The number of hydrogen-bond donors (Lipinski definition) is 1. The summed E-state index contributed by atoms with van der Waals surface area (Å²) >= 11 is 0. The normalized spacial score (nSPS) is 16.1. The molecule has 0 atom stereocenters. The van der Waals surface area contributed by atoms with Crippen LogP contribution in [0.3, 0.4) is 0 Å². The lowest BCUT2D eigenvalue weighted by Crippen LogP contribution is -2.44. The van der Waals surface area contributed by atoms with Crippen LogP contribution in [-0.4, -0.2) is 47.7 Å². The maximum atomic E-state index is 12.5. The molecule has 0 unspecified atom stereocenters. The van der Waals surface area contributed by atoms with E-state index in [1.54, 1.807) is 17.9 Å². The Bertz CT molecular complexity index is 476. The molecule has 0 aromatic carbocycles. The van der Waals surface area contributed by atoms with Crippen molar-refractivity contribution in [2.45, 2.75) is 32.2 Å². The number of rotatable bonds is 5. The Morgan fingerprint density at radius 3 is 2.65 bits per heavy atom. The molecular weight excluding hydrogens is 262 g/mol. The summed E-state index contributed by atoms with van der Waals surface area (Å²) in [7, 11) is 0. The van der Waals surface area contributed by atoms with E-state index in [1.165, 1.54) is 6.26 Å². The van der Waals surface area contributed by atoms with Crippen LogP contribution in [0.5, 0.6) is 0 Å². The zero-order valence-electron chi connectivity index (χ0n) is 11.5. The van der Waals surface area contributed by atoms with Gasteiger partial charge in [-0.05, 0) is 25.8 Å². The average molecular weight is 281 g/mol. The van der Waals surface area contributed by atoms with Crippen LogP contribution in [0.25, 0.3) is 0 Å². The summed E-state index contributed by atoms with van der Waals surface area (Å²) in [5.41, 5.74) is 0.766. The highest BCUT2D eigenvalue weighted by molar-refractivity contribution is 5.93. The summed E-state index contributed by atoms with van der Waals surface area (Å²) in [6.45, 7) is 3.19. The SMILES string of the molecule is Cc1ccoc1C(=O)N(CCC(=O)O)C1CCOCC1. The second-order valence-electron chi connectivity index (χ2n) is 4.92. The molecule has 6 nitrogen and oxygen atoms in total. The molecule has 1 aliphatic heterocycles. The molecular formula is C14H19NO5. The van der Waals surface area contributed by atoms with Gasteiger partial charge in [0.2, 0.25) is 0 Å². The van der Waals surface area contributed by atoms with E-state index >= 15 is 0 Å². The molecule has 0 bridgehead atoms. The number of amides is 1. The molecule has 1 amide bonds. The molecule has 1 saturated heterocycles. The van der Waals surface area contributed by atoms with E-state index in [4.69, 9.17) is 14.3 Å². The maximum absolute atomic E-state index is 12.5. The van der Waals surface area contributed by atoms with Crippen LogP contribution < -0.4 is 0 Å². The summed E-state index contributed by atoms with van der Waals surface area (Å²) in [5.74, 6) is -0.853. The zero-order chi connectivity index (χ0) is 14.5. The first-order valence-electron chi connectivity index (χ1n) is 6.74. The molecule has 0 aliphatic carbocycles. The fraction of sp³-hybridized carbons (Fsp3) is 0.571. The predicted octanol–water partition coefficient (Wildman–Crippen LogP) is 1.68. The van der Waals surface area contributed by atoms with Gasteiger partial charge in [0.15, 0.2) is 5.76 Å². The van der Waals surface area contributed by atoms with Gasteiger partial charge in [-0.25, -0.2) is 0 Å². The summed E-state index contributed by atoms with van der Waals surface area (Å²) in [6, 6.07) is 1.74. The molecule has 1 fully saturated rings. The van der Waals surface area contributed by atoms with Crippen molar-refractivity contribution < 1.29 is 23.8 Å². The molecule has 1 aliphatic rings. The summed E-state index contributed by atoms with van der Waals surface area (Å²) in [5, 5.41) is 8.84. The van der Waals surface area contributed by atoms with Crippen LogP contribution >= 0.6 is 0 Å². The molecule has 1 aromatic rings. The number of aryl methyl sites for hydroxylation is 1. The molecule has 6 heteroatoms. The van der Waals surface area contributed by atoms with Gasteiger partial charge in [-0.2, -0.15) is 0 Å². The van der Waals surface area contributed by atoms with E-state index in [0.29, 0.717) is 19.0 Å². The third-order valence-corrected chi connectivity index (χ3v) is 3.52. The second-order valence-corrected chi connectivity index (χ2v) is 4.92. The number of hydrogen-bond acceptors (Lipinski definition) is 4. The van der Waals surface area contributed by atoms with Crippen LogP contribution in [0.15, 0.2) is 16.7 Å². The molecule has 1 aromatic heterocycles. The first kappa shape index (κ1) is 14.6. The number of aliphatic carboxylic acids is 1. The first-order valence-corrected chi connectivity index (χ1v) is 6.74. The van der Waals surface area contributed by atoms with Gasteiger partial charge in [-0.1, -0.05) is 0 Å². The van der Waals surface area contributed by atoms with Gasteiger partial charge in [0, 0.05) is 31.4 Å². The van der Waals surface area contributed by atoms with E-state index in [0.717, 1.165) is 18.4 Å². The number of ether oxygens (including phenoxy) is 1. The van der Waals surface area contributed by atoms with Crippen molar-refractivity contribution in [1.82, 2.24) is 4.90 Å². The monoisotopic (exact) mass is 281 g/mol. The molecule has 2 heterocycles. The highest BCUT2D eigenvalue weighted by Gasteiger charge is 2.29. The van der Waals surface area contributed by atoms with Gasteiger partial charge in [-0.15, -0.1) is 0 Å². The third-order valence-electron chi connectivity index (χ3n) is 3.52. The fourth-order valence-electron chi connectivity index (χ4n) is 2.39. The van der Waals surface area contributed by atoms with Crippen LogP contribution in [0, 0.1) is 6.92 Å². The van der Waals surface area contributed by atoms with Crippen molar-refractivity contribution in [3.8, 4) is 0 Å². The van der Waals surface area contributed by atoms with Gasteiger partial charge in [0.25, 0.3) is 5.91 Å². The Morgan fingerprint density at radius 2 is 2.10 bits per heavy atom. The second kappa shape index (κ2) is 6.56. The standard InChI is InChI=1S/C14H19NO5/c1-10-3-9-20-13(10)14(18)15(6-2-12(16)17)11-4-7-19-8-5-11/h3,9,11H,2,4-8H2,1H3,(H,16,17). The number of carbonyl (C=O) groups excluding carboxylic acids is 1. The third kappa shape index (κ3) is 3.39. The van der Waals surface area contributed by atoms with Gasteiger partial charge in [0.05, 0.1) is 12.7 Å². The average Bonchev–Trinajstić information content (AvgIpc) is 2.86. The number of carboxylic acid groups (broad SMARTS) is 1. The van der Waals surface area contributed by atoms with Crippen LogP contribution in [0.2, 0.25) is 0 Å². The smallest absolute Gasteiger partial charge is 0.305 e. The molecule has 2 rings (SSSR count). The fourth-order valence-corrected chi connectivity index (χ4v) is 2.39. The highest BCUT2D eigenvalue weighted by Crippen LogP contribution is 2.20. The topological polar surface area (TPSA) is 80.0 Å². The Hall–Kier alpha value is -1.82. The predicted molar refractivity (Wildman–Crippen MR) is 70.6 cm³/mol. The van der Waals surface area contributed by atoms with Gasteiger partial charge in [0.1, 0.15) is 0 Å². The van der Waals surface area contributed by atoms with E-state index in [1.807, 2.05) is 0 Å². The van der Waals surface area contributed by atoms with E-state index < -0.39 is 5.97 Å². The van der Waals surface area contributed by atoms with Crippen molar-refractivity contribution in [1.29, 1.82) is 0 Å². The Kier molecular flexibility index (Phi) is 4.79. The van der Waals surface area contributed by atoms with Crippen molar-refractivity contribution in [3.63, 3.8) is 0 Å². The Balaban J connectivity index is 2.14. The van der Waals surface area contributed by atoms with E-state index in [-0.39, 0.29) is 24.9 Å². The molecule has 1 N–H and O–H groups in total. The minimum absolute atomic E-state index is 0.0140. The molecule has 0 radical (unpaired) electrons. The number of carboxylic acids is 1. The lowest BCUT2D eigenvalue weighted by molar-refractivity contribution is -0.137. The van der Waals surface area contributed by atoms with Gasteiger partial charge >= 0.3 is 5.97 Å². The first-order chi connectivity index (χ1) is 9.59. The Labute approximate surface area is 117 Å². The summed E-state index contributed by atoms with van der Waals surface area (Å²) < 4.78 is 10.5. The van der Waals surface area contributed by atoms with Gasteiger partial charge in [-0.3, -0.25) is 9.59 Å². The Morgan fingerprint density at radius 1 is 1.40 bits per heavy atom. The van der Waals surface area contributed by atoms with Crippen LogP contribution in [0.1, 0.15) is 35.4 Å². The summed E-state index contributed by atoms with van der Waals surface area (Å²) in [6.07, 6.45) is 2.86. The zero-order valence-corrected chi connectivity index (χ0v) is 11.5. The van der Waals surface area contributed by atoms with Crippen molar-refractivity contribution in [2.24, 2.45) is 0 Å². The van der Waals surface area contributed by atoms with Crippen molar-refractivity contribution in [3.05, 3.63) is 23.7 Å². The molecule has 0 saturated carbocycles. The van der Waals surface area contributed by atoms with E-state index in [2.05, 4.69) is 0 Å². The summed E-state index contributed by atoms with van der Waals surface area (Å²) in [4.78, 5) is 24.9. The van der Waals surface area contributed by atoms with Crippen molar-refractivity contribution >= 4 is 11.9 Å². The number of carbonyl (C=O) groups is 2. The van der Waals surface area contributed by atoms with Gasteiger partial charge < -0.3 is 19.2 Å². The lowest BCUT2D eigenvalue weighted by Gasteiger charge is -2.33. The number of nitrogens with zero attached hydrogens (tertiary/aromatic N) is 1. The van der Waals surface area contributed by atoms with Crippen LogP contribution in [0.4, 0.5) is 0 Å². The highest BCUT2D eigenvalue weighted by atomic mass is 16.5. The molecule has 0 spiro atoms. The number of furan rings is 1. The lowest BCUT2D eigenvalue weighted by atomic mass is 10.1. The maximum Gasteiger partial charge on any atom is 0.305 e. The minimum atomic E-state index is -0.911. The molecule has 110 valence electrons. The van der Waals surface area contributed by atoms with Crippen molar-refractivity contribution in [2.75, 3.05) is 19.8 Å². The minimum Gasteiger partial charge on any atom is -0.481 e. The van der Waals surface area contributed by atoms with Crippen LogP contribution in [-0.2, 0) is 9.53 Å². The molecule has 20 heavy (non-hydrogen) atoms. The van der Waals surface area contributed by atoms with E-state index in [9.17, 15) is 9.59 Å².